The van der Waals surface area contributed by atoms with Gasteiger partial charge in [-0.1, -0.05) is 178 Å². The van der Waals surface area contributed by atoms with E-state index < -0.39 is 66.0 Å². The SMILES string of the molecule is CC[C@@H](/C=N/NC(=O)NCC1CCC(C(=O)NC)CC1)NC(=O)[C@@H]1C[C@H](OCc2ccccc2)CN1C(=O)OCC1c2ccccc2-c2ccccc21.CC[C@@H](/C=N/NC(=O)NCC1CCC(C(=O)O)CC1)NC(=O)OC(C)(C)C.CC[C@H](N)/C=N/NC(=O)NCC1CCC(C(=O)NC)CC1.CN.O=C(O)C1CC(OCc2ccccc2)CN1C(=O)OCC1c2ccccc2-c2ccccc21. The molecule has 2 unspecified atom stereocenters. The van der Waals surface area contributed by atoms with E-state index in [4.69, 9.17) is 34.5 Å². The van der Waals surface area contributed by atoms with Crippen LogP contribution in [0.1, 0.15) is 196 Å². The van der Waals surface area contributed by atoms with Crippen LogP contribution in [0.15, 0.2) is 173 Å². The predicted molar refractivity (Wildman–Crippen MR) is 519 cm³/mol. The number of fused-ring (bicyclic) bond motifs is 6. The van der Waals surface area contributed by atoms with Crippen LogP contribution >= 0.6 is 0 Å². The van der Waals surface area contributed by atoms with E-state index in [1.165, 1.54) is 35.5 Å². The molecule has 5 fully saturated rings. The van der Waals surface area contributed by atoms with Crippen LogP contribution in [0.25, 0.3) is 22.3 Å². The normalized spacial score (nSPS) is 20.9. The van der Waals surface area contributed by atoms with Crippen LogP contribution in [-0.2, 0) is 60.9 Å². The summed E-state index contributed by atoms with van der Waals surface area (Å²) in [5, 5.41) is 49.8. The Labute approximate surface area is 797 Å². The second-order valence-electron chi connectivity index (χ2n) is 35.9. The molecule has 6 aromatic carbocycles. The number of nitrogens with two attached hydrogens (primary N) is 2. The maximum absolute atomic E-state index is 13.8. The highest BCUT2D eigenvalue weighted by Crippen LogP contribution is 2.47. The van der Waals surface area contributed by atoms with E-state index in [0.29, 0.717) is 76.8 Å². The van der Waals surface area contributed by atoms with Gasteiger partial charge in [0.15, 0.2) is 0 Å². The molecule has 35 heteroatoms. The summed E-state index contributed by atoms with van der Waals surface area (Å²) in [4.78, 5) is 137. The number of alkyl carbamates (subject to hydrolysis) is 1. The number of hydrogen-bond donors (Lipinski definition) is 14. The number of ether oxygens (including phenoxy) is 5. The standard InChI is InChI=1S/C41H50N6O6.C27H25NO5.C18H32N4O5.C14H27N5O2.CH5N/c1-3-30(23-44-46-40(50)43-22-27-17-19-29(20-18-27)38(48)42-2)45-39(49)37-21-31(52-25-28-11-5-4-6-12-28)24-47(37)41(51)53-26-36-34-15-9-7-13-32(34)33-14-8-10-16-35(33)36;29-26(30)25-14-19(32-16-18-8-2-1-3-9-18)15-28(25)27(31)33-17-24-22-12-6-4-10-20(22)21-11-5-7-13-23(21)24;1-5-14(21-17(26)27-18(2,3)4)11-20-22-16(25)19-10-12-6-8-13(9-7-12)15(23)24;1-3-12(15)9-18-19-14(21)17-8-10-4-6-11(7-5-10)13(20)16-2;1-2/h4-16,23,27,29-31,36-37H,3,17-22,24-26H2,1-2H3,(H,42,48)(H,45,49)(H2,43,46,50);1-13,19,24-25H,14-17H2,(H,29,30);11-14H,5-10H2,1-4H3,(H,21,26)(H,23,24)(H2,19,22,25);9-12H,3-8,15H2,1-2H3,(H,16,20)(H2,17,19,21);2H2,1H3/b44-23+;;20-11+;18-9+;/t27?,29?,30-,31-,37-;;12?,13?,14-;10?,11?,12-;/m0.00./s1. The first-order chi connectivity index (χ1) is 65.6. The number of nitrogens with one attached hydrogen (secondary N) is 10. The molecule has 13 rings (SSSR count). The number of likely N-dealkylation sites (tertiary alicyclic amines) is 2. The Morgan fingerprint density at radius 2 is 0.772 bits per heavy atom. The molecule has 12 amide bonds. The van der Waals surface area contributed by atoms with Gasteiger partial charge in [-0.2, -0.15) is 15.3 Å². The largest absolute Gasteiger partial charge is 0.481 e. The van der Waals surface area contributed by atoms with Gasteiger partial charge in [0.1, 0.15) is 30.9 Å². The minimum Gasteiger partial charge on any atom is -0.481 e. The van der Waals surface area contributed by atoms with Crippen LogP contribution in [0.4, 0.5) is 28.8 Å². The van der Waals surface area contributed by atoms with Crippen LogP contribution in [0.2, 0.25) is 0 Å². The molecule has 2 heterocycles. The number of carbonyl (C=O) groups excluding carboxylic acids is 9. The van der Waals surface area contributed by atoms with Crippen molar-refractivity contribution < 1.29 is 86.6 Å². The molecule has 0 radical (unpaired) electrons. The molecule has 3 saturated carbocycles. The molecule has 2 aliphatic heterocycles. The van der Waals surface area contributed by atoms with Crippen molar-refractivity contribution in [2.24, 2.45) is 62.3 Å². The lowest BCUT2D eigenvalue weighted by atomic mass is 9.81. The lowest BCUT2D eigenvalue weighted by Gasteiger charge is -2.27. The van der Waals surface area contributed by atoms with Crippen LogP contribution < -0.4 is 65.0 Å². The number of hydrazone groups is 3. The van der Waals surface area contributed by atoms with Crippen molar-refractivity contribution in [3.63, 3.8) is 0 Å². The summed E-state index contributed by atoms with van der Waals surface area (Å²) in [5.74, 6) is -1.19. The molecule has 7 atom stereocenters. The van der Waals surface area contributed by atoms with Crippen LogP contribution in [0.5, 0.6) is 0 Å². The molecular formula is C101H139N17O18. The van der Waals surface area contributed by atoms with E-state index in [1.807, 2.05) is 130 Å². The Morgan fingerprint density at radius 1 is 0.434 bits per heavy atom. The van der Waals surface area contributed by atoms with Gasteiger partial charge < -0.3 is 82.6 Å². The van der Waals surface area contributed by atoms with Gasteiger partial charge in [0.05, 0.1) is 56.5 Å². The van der Waals surface area contributed by atoms with Gasteiger partial charge in [-0.3, -0.25) is 29.0 Å². The van der Waals surface area contributed by atoms with Crippen LogP contribution in [-0.4, -0.2) is 220 Å². The van der Waals surface area contributed by atoms with E-state index >= 15 is 0 Å². The smallest absolute Gasteiger partial charge is 0.410 e. The van der Waals surface area contributed by atoms with Gasteiger partial charge in [0, 0.05) is 94.9 Å². The van der Waals surface area contributed by atoms with E-state index in [2.05, 4.69) is 123 Å². The number of nitrogens with zero attached hydrogens (tertiary/aromatic N) is 5. The molecular weight excluding hydrogens is 1740 g/mol. The zero-order valence-electron chi connectivity index (χ0n) is 79.6. The topological polar surface area (TPSA) is 490 Å². The number of aliphatic carboxylic acids is 2. The average molecular weight is 1880 g/mol. The van der Waals surface area contributed by atoms with Gasteiger partial charge in [-0.25, -0.2) is 49.8 Å². The van der Waals surface area contributed by atoms with E-state index in [9.17, 15) is 57.8 Å². The van der Waals surface area contributed by atoms with Gasteiger partial charge in [-0.05, 0) is 198 Å². The summed E-state index contributed by atoms with van der Waals surface area (Å²) in [6, 6.07) is 48.1. The monoisotopic (exact) mass is 1880 g/mol. The van der Waals surface area contributed by atoms with Gasteiger partial charge in [0.2, 0.25) is 17.7 Å². The molecule has 6 aromatic rings. The zero-order valence-corrected chi connectivity index (χ0v) is 79.6. The fourth-order valence-corrected chi connectivity index (χ4v) is 17.7. The molecule has 736 valence electrons. The summed E-state index contributed by atoms with van der Waals surface area (Å²) in [7, 11) is 4.83. The highest BCUT2D eigenvalue weighted by molar-refractivity contribution is 5.90. The molecule has 0 bridgehead atoms. The second-order valence-corrected chi connectivity index (χ2v) is 35.9. The molecule has 16 N–H and O–H groups in total. The first-order valence-corrected chi connectivity index (χ1v) is 47.4. The van der Waals surface area contributed by atoms with Crippen molar-refractivity contribution >= 4 is 84.7 Å². The molecule has 0 spiro atoms. The third-order valence-electron chi connectivity index (χ3n) is 25.3. The summed E-state index contributed by atoms with van der Waals surface area (Å²) in [6.45, 7) is 14.1. The van der Waals surface area contributed by atoms with Crippen molar-refractivity contribution in [3.05, 3.63) is 191 Å². The predicted octanol–water partition coefficient (Wildman–Crippen LogP) is 12.6. The Balaban J connectivity index is 0.000000215. The second kappa shape index (κ2) is 55.2. The molecule has 7 aliphatic rings. The highest BCUT2D eigenvalue weighted by Gasteiger charge is 2.45. The first-order valence-electron chi connectivity index (χ1n) is 47.4. The Morgan fingerprint density at radius 3 is 1.12 bits per heavy atom. The molecule has 136 heavy (non-hydrogen) atoms. The maximum atomic E-state index is 13.8. The maximum Gasteiger partial charge on any atom is 0.410 e. The third kappa shape index (κ3) is 33.3. The van der Waals surface area contributed by atoms with Crippen molar-refractivity contribution in [1.82, 2.24) is 63.3 Å². The lowest BCUT2D eigenvalue weighted by Crippen LogP contribution is -2.49. The summed E-state index contributed by atoms with van der Waals surface area (Å²) in [6.07, 6.45) is 14.4. The quantitative estimate of drug-likeness (QED) is 0.0106. The number of carboxylic acids is 2. The summed E-state index contributed by atoms with van der Waals surface area (Å²) >= 11 is 0. The van der Waals surface area contributed by atoms with Crippen molar-refractivity contribution in [3.8, 4) is 22.3 Å². The third-order valence-corrected chi connectivity index (χ3v) is 25.3. The highest BCUT2D eigenvalue weighted by atomic mass is 16.6. The number of rotatable bonds is 32. The average Bonchev–Trinajstić information content (AvgIpc) is 1.62. The van der Waals surface area contributed by atoms with E-state index in [0.717, 1.165) is 126 Å². The molecule has 35 nitrogen and oxygen atoms in total. The summed E-state index contributed by atoms with van der Waals surface area (Å²) < 4.78 is 28.9. The van der Waals surface area contributed by atoms with Crippen molar-refractivity contribution in [2.45, 2.75) is 224 Å². The fourth-order valence-electron chi connectivity index (χ4n) is 17.7. The molecule has 2 saturated heterocycles. The van der Waals surface area contributed by atoms with Crippen molar-refractivity contribution in [2.75, 3.05) is 67.1 Å². The number of carbonyl (C=O) groups is 11. The van der Waals surface area contributed by atoms with Gasteiger partial charge in [0.25, 0.3) is 0 Å². The van der Waals surface area contributed by atoms with E-state index in [-0.39, 0.29) is 116 Å². The number of carboxylic acid groups (broad SMARTS) is 2. The Bertz CT molecular complexity index is 4850. The number of amides is 12. The molecule has 0 aromatic heterocycles. The Hall–Kier alpha value is -12.9. The number of urea groups is 3. The molecule has 5 aliphatic carbocycles. The van der Waals surface area contributed by atoms with Crippen LogP contribution in [0, 0.1) is 35.5 Å². The first kappa shape index (κ1) is 107. The minimum absolute atomic E-state index is 0.0405. The van der Waals surface area contributed by atoms with Gasteiger partial charge in [-0.15, -0.1) is 0 Å². The zero-order chi connectivity index (χ0) is 98.1. The number of benzene rings is 6. The fraction of sp³-hybridized carbons (Fsp3) is 0.505. The Kier molecular flexibility index (Phi) is 43.4. The lowest BCUT2D eigenvalue weighted by molar-refractivity contribution is -0.143. The minimum atomic E-state index is -1.05. The van der Waals surface area contributed by atoms with E-state index in [1.54, 1.807) is 34.9 Å². The summed E-state index contributed by atoms with van der Waals surface area (Å²) in [5.41, 5.74) is 27.8. The van der Waals surface area contributed by atoms with Crippen LogP contribution in [0.3, 0.4) is 0 Å². The van der Waals surface area contributed by atoms with Gasteiger partial charge >= 0.3 is 48.3 Å². The van der Waals surface area contributed by atoms with Crippen molar-refractivity contribution in [1.29, 1.82) is 0 Å². The number of hydrogen-bond acceptors (Lipinski definition) is 21.